The fourth-order valence-corrected chi connectivity index (χ4v) is 2.48. The first kappa shape index (κ1) is 14.9. The number of benzene rings is 1. The molecule has 0 aliphatic heterocycles. The summed E-state index contributed by atoms with van der Waals surface area (Å²) >= 11 is 0. The Kier molecular flexibility index (Phi) is 4.32. The van der Waals surface area contributed by atoms with E-state index in [1.165, 1.54) is 12.1 Å². The van der Waals surface area contributed by atoms with Gasteiger partial charge in [0.05, 0.1) is 10.6 Å². The Hall–Kier alpha value is -1.16. The van der Waals surface area contributed by atoms with Crippen LogP contribution in [-0.4, -0.2) is 20.0 Å². The number of carbonyl (C=O) groups excluding carboxylic acids is 1. The van der Waals surface area contributed by atoms with Crippen molar-refractivity contribution in [3.8, 4) is 0 Å². The molecule has 0 unspecified atom stereocenters. The van der Waals surface area contributed by atoms with Crippen LogP contribution in [0.3, 0.4) is 0 Å². The molecule has 3 nitrogen and oxygen atoms in total. The highest BCUT2D eigenvalue weighted by Gasteiger charge is 2.18. The summed E-state index contributed by atoms with van der Waals surface area (Å²) < 4.78 is 23.3. The van der Waals surface area contributed by atoms with Gasteiger partial charge >= 0.3 is 0 Å². The number of carbonyl (C=O) groups is 1. The zero-order valence-electron chi connectivity index (χ0n) is 11.4. The van der Waals surface area contributed by atoms with Crippen LogP contribution < -0.4 is 0 Å². The third kappa shape index (κ3) is 3.95. The number of hydrogen-bond acceptors (Lipinski definition) is 3. The molecule has 1 aromatic carbocycles. The fourth-order valence-electron chi connectivity index (χ4n) is 1.60. The van der Waals surface area contributed by atoms with E-state index in [0.29, 0.717) is 12.0 Å². The molecule has 0 aliphatic carbocycles. The van der Waals surface area contributed by atoms with Crippen LogP contribution in [0.1, 0.15) is 44.5 Å². The Morgan fingerprint density at radius 2 is 1.61 bits per heavy atom. The molecule has 0 heterocycles. The summed E-state index contributed by atoms with van der Waals surface area (Å²) in [6, 6.07) is 6.21. The van der Waals surface area contributed by atoms with Gasteiger partial charge in [0.15, 0.2) is 15.6 Å². The Labute approximate surface area is 109 Å². The van der Waals surface area contributed by atoms with Crippen molar-refractivity contribution in [2.24, 2.45) is 5.41 Å². The van der Waals surface area contributed by atoms with Gasteiger partial charge in [-0.1, -0.05) is 39.8 Å². The maximum absolute atomic E-state index is 11.9. The van der Waals surface area contributed by atoms with Crippen LogP contribution in [0.4, 0.5) is 0 Å². The molecule has 100 valence electrons. The van der Waals surface area contributed by atoms with E-state index in [2.05, 4.69) is 0 Å². The van der Waals surface area contributed by atoms with E-state index in [1.807, 2.05) is 20.8 Å². The third-order valence-corrected chi connectivity index (χ3v) is 4.36. The molecule has 0 radical (unpaired) electrons. The average Bonchev–Trinajstić information content (AvgIpc) is 2.27. The van der Waals surface area contributed by atoms with Crippen molar-refractivity contribution in [1.29, 1.82) is 0 Å². The molecule has 0 saturated heterocycles. The van der Waals surface area contributed by atoms with Gasteiger partial charge in [-0.2, -0.15) is 0 Å². The largest absolute Gasteiger partial charge is 0.294 e. The normalized spacial score (nSPS) is 12.4. The molecule has 0 N–H and O–H groups in total. The number of ketones is 1. The fraction of sp³-hybridized carbons (Fsp3) is 0.500. The first-order valence-corrected chi connectivity index (χ1v) is 7.67. The lowest BCUT2D eigenvalue weighted by molar-refractivity contribution is 0.0940. The third-order valence-electron chi connectivity index (χ3n) is 2.61. The predicted octanol–water partition coefficient (Wildman–Crippen LogP) is 3.10. The van der Waals surface area contributed by atoms with Crippen LogP contribution in [0.5, 0.6) is 0 Å². The summed E-state index contributed by atoms with van der Waals surface area (Å²) in [4.78, 5) is 12.2. The molecular formula is C14H20O3S. The highest BCUT2D eigenvalue weighted by Crippen LogP contribution is 2.22. The van der Waals surface area contributed by atoms with Crippen LogP contribution in [0.25, 0.3) is 0 Å². The van der Waals surface area contributed by atoms with Crippen LogP contribution in [0.2, 0.25) is 0 Å². The molecule has 0 amide bonds. The Bertz CT molecular complexity index is 519. The van der Waals surface area contributed by atoms with E-state index in [1.54, 1.807) is 19.1 Å². The highest BCUT2D eigenvalue weighted by molar-refractivity contribution is 7.91. The maximum Gasteiger partial charge on any atom is 0.178 e. The molecule has 0 saturated carbocycles. The van der Waals surface area contributed by atoms with Crippen LogP contribution in [-0.2, 0) is 9.84 Å². The van der Waals surface area contributed by atoms with Gasteiger partial charge < -0.3 is 0 Å². The molecular weight excluding hydrogens is 248 g/mol. The zero-order valence-corrected chi connectivity index (χ0v) is 12.2. The van der Waals surface area contributed by atoms with Crippen molar-refractivity contribution < 1.29 is 13.2 Å². The molecule has 0 aliphatic rings. The summed E-state index contributed by atoms with van der Waals surface area (Å²) in [6.07, 6.45) is 0.451. The molecule has 0 spiro atoms. The number of hydrogen-bond donors (Lipinski definition) is 0. The lowest BCUT2D eigenvalue weighted by Crippen LogP contribution is -2.13. The summed E-state index contributed by atoms with van der Waals surface area (Å²) in [5, 5.41) is 0. The second-order valence-electron chi connectivity index (χ2n) is 5.59. The summed E-state index contributed by atoms with van der Waals surface area (Å²) in [5.41, 5.74) is 0.505. The van der Waals surface area contributed by atoms with Crippen LogP contribution in [0.15, 0.2) is 29.2 Å². The molecule has 0 fully saturated rings. The number of sulfone groups is 1. The number of rotatable bonds is 4. The van der Waals surface area contributed by atoms with Crippen LogP contribution in [0, 0.1) is 5.41 Å². The van der Waals surface area contributed by atoms with Gasteiger partial charge in [0.1, 0.15) is 0 Å². The molecule has 0 aromatic heterocycles. The van der Waals surface area contributed by atoms with Crippen molar-refractivity contribution in [2.45, 2.75) is 39.0 Å². The molecule has 4 heteroatoms. The summed E-state index contributed by atoms with van der Waals surface area (Å²) in [7, 11) is -3.19. The van der Waals surface area contributed by atoms with Gasteiger partial charge in [-0.3, -0.25) is 4.79 Å². The first-order chi connectivity index (χ1) is 8.15. The van der Waals surface area contributed by atoms with Crippen molar-refractivity contribution in [1.82, 2.24) is 0 Å². The topological polar surface area (TPSA) is 51.2 Å². The molecule has 0 bridgehead atoms. The Morgan fingerprint density at radius 1 is 1.11 bits per heavy atom. The van der Waals surface area contributed by atoms with E-state index in [4.69, 9.17) is 0 Å². The SMILES string of the molecule is CCS(=O)(=O)c1ccc(C(=O)CC(C)(C)C)cc1. The zero-order chi connectivity index (χ0) is 14.0. The number of Topliss-reactive ketones (excluding diaryl/α,β-unsaturated/α-hetero) is 1. The lowest BCUT2D eigenvalue weighted by Gasteiger charge is -2.16. The first-order valence-electron chi connectivity index (χ1n) is 6.02. The Morgan fingerprint density at radius 3 is 2.00 bits per heavy atom. The lowest BCUT2D eigenvalue weighted by atomic mass is 9.88. The van der Waals surface area contributed by atoms with E-state index < -0.39 is 9.84 Å². The van der Waals surface area contributed by atoms with E-state index >= 15 is 0 Å². The monoisotopic (exact) mass is 268 g/mol. The molecule has 1 rings (SSSR count). The smallest absolute Gasteiger partial charge is 0.178 e. The Balaban J connectivity index is 2.94. The maximum atomic E-state index is 11.9. The standard InChI is InChI=1S/C14H20O3S/c1-5-18(16,17)12-8-6-11(7-9-12)13(15)10-14(2,3)4/h6-9H,5,10H2,1-4H3. The highest BCUT2D eigenvalue weighted by atomic mass is 32.2. The van der Waals surface area contributed by atoms with Gasteiger partial charge in [0, 0.05) is 12.0 Å². The van der Waals surface area contributed by atoms with Gasteiger partial charge in [-0.15, -0.1) is 0 Å². The molecule has 1 aromatic rings. The predicted molar refractivity (Wildman–Crippen MR) is 72.6 cm³/mol. The van der Waals surface area contributed by atoms with Gasteiger partial charge in [0.2, 0.25) is 0 Å². The van der Waals surface area contributed by atoms with Crippen molar-refractivity contribution >= 4 is 15.6 Å². The summed E-state index contributed by atoms with van der Waals surface area (Å²) in [5.74, 6) is 0.116. The second kappa shape index (κ2) is 5.22. The average molecular weight is 268 g/mol. The van der Waals surface area contributed by atoms with E-state index in [9.17, 15) is 13.2 Å². The molecule has 18 heavy (non-hydrogen) atoms. The van der Waals surface area contributed by atoms with Crippen molar-refractivity contribution in [2.75, 3.05) is 5.75 Å². The van der Waals surface area contributed by atoms with Gasteiger partial charge in [-0.05, 0) is 17.5 Å². The second-order valence-corrected chi connectivity index (χ2v) is 7.87. The van der Waals surface area contributed by atoms with E-state index in [0.717, 1.165) is 0 Å². The van der Waals surface area contributed by atoms with Crippen molar-refractivity contribution in [3.05, 3.63) is 29.8 Å². The van der Waals surface area contributed by atoms with E-state index in [-0.39, 0.29) is 21.8 Å². The minimum atomic E-state index is -3.19. The van der Waals surface area contributed by atoms with Gasteiger partial charge in [0.25, 0.3) is 0 Å². The van der Waals surface area contributed by atoms with Crippen molar-refractivity contribution in [3.63, 3.8) is 0 Å². The minimum absolute atomic E-state index is 0.0444. The van der Waals surface area contributed by atoms with Crippen LogP contribution >= 0.6 is 0 Å². The minimum Gasteiger partial charge on any atom is -0.294 e. The summed E-state index contributed by atoms with van der Waals surface area (Å²) in [6.45, 7) is 7.61. The quantitative estimate of drug-likeness (QED) is 0.788. The molecule has 0 atom stereocenters. The van der Waals surface area contributed by atoms with Gasteiger partial charge in [-0.25, -0.2) is 8.42 Å².